The molecule has 0 bridgehead atoms. The van der Waals surface area contributed by atoms with Gasteiger partial charge in [-0.2, -0.15) is 0 Å². The monoisotopic (exact) mass is 338 g/mol. The quantitative estimate of drug-likeness (QED) is 0.833. The number of carbonyl (C=O) groups is 1. The second-order valence-electron chi connectivity index (χ2n) is 5.72. The van der Waals surface area contributed by atoms with E-state index in [2.05, 4.69) is 4.99 Å². The minimum Gasteiger partial charge on any atom is -0.506 e. The summed E-state index contributed by atoms with van der Waals surface area (Å²) in [6.45, 7) is 3.92. The number of aromatic hydroxyl groups is 1. The number of aliphatic imine (C=N–C) groups is 1. The smallest absolute Gasteiger partial charge is 0.266 e. The molecule has 0 unspecified atom stereocenters. The van der Waals surface area contributed by atoms with Crippen LogP contribution in [0.3, 0.4) is 0 Å². The summed E-state index contributed by atoms with van der Waals surface area (Å²) >= 11 is 1.31. The van der Waals surface area contributed by atoms with Crippen molar-refractivity contribution in [1.82, 2.24) is 4.90 Å². The second-order valence-corrected chi connectivity index (χ2v) is 6.73. The molecule has 1 N–H and O–H groups in total. The number of phenols is 1. The van der Waals surface area contributed by atoms with Crippen molar-refractivity contribution in [2.75, 3.05) is 7.05 Å². The summed E-state index contributed by atoms with van der Waals surface area (Å²) in [5, 5.41) is 10.6. The third-order valence-electron chi connectivity index (χ3n) is 3.83. The number of phenolic OH excluding ortho intramolecular Hbond substituents is 1. The van der Waals surface area contributed by atoms with Crippen molar-refractivity contribution < 1.29 is 9.90 Å². The van der Waals surface area contributed by atoms with Crippen molar-refractivity contribution in [1.29, 1.82) is 0 Å². The summed E-state index contributed by atoms with van der Waals surface area (Å²) in [5.74, 6) is 0.0221. The van der Waals surface area contributed by atoms with E-state index in [4.69, 9.17) is 0 Å². The van der Waals surface area contributed by atoms with E-state index in [0.29, 0.717) is 15.8 Å². The minimum absolute atomic E-state index is 0.0893. The molecule has 0 atom stereocenters. The maximum Gasteiger partial charge on any atom is 0.266 e. The van der Waals surface area contributed by atoms with Crippen LogP contribution in [-0.2, 0) is 4.79 Å². The van der Waals surface area contributed by atoms with Gasteiger partial charge in [-0.3, -0.25) is 9.69 Å². The van der Waals surface area contributed by atoms with Crippen LogP contribution in [0, 0.1) is 13.8 Å². The van der Waals surface area contributed by atoms with Gasteiger partial charge in [0.2, 0.25) is 0 Å². The topological polar surface area (TPSA) is 52.9 Å². The van der Waals surface area contributed by atoms with Crippen molar-refractivity contribution >= 4 is 34.6 Å². The summed E-state index contributed by atoms with van der Waals surface area (Å²) in [6, 6.07) is 13.2. The lowest BCUT2D eigenvalue weighted by molar-refractivity contribution is -0.121. The number of amidine groups is 1. The first-order valence-electron chi connectivity index (χ1n) is 7.57. The molecule has 0 aromatic heterocycles. The van der Waals surface area contributed by atoms with E-state index in [-0.39, 0.29) is 11.7 Å². The molecular weight excluding hydrogens is 320 g/mol. The summed E-state index contributed by atoms with van der Waals surface area (Å²) in [6.07, 6.45) is 1.89. The molecule has 0 aliphatic carbocycles. The number of hydrogen-bond acceptors (Lipinski definition) is 4. The highest BCUT2D eigenvalue weighted by atomic mass is 32.2. The van der Waals surface area contributed by atoms with Gasteiger partial charge in [0.15, 0.2) is 5.17 Å². The van der Waals surface area contributed by atoms with Gasteiger partial charge in [0.1, 0.15) is 11.4 Å². The number of carbonyl (C=O) groups excluding carboxylic acids is 1. The number of nitrogens with zero attached hydrogens (tertiary/aromatic N) is 2. The zero-order chi connectivity index (χ0) is 17.3. The molecule has 0 spiro atoms. The highest BCUT2D eigenvalue weighted by Crippen LogP contribution is 2.35. The molecule has 2 aromatic rings. The first-order chi connectivity index (χ1) is 11.5. The Morgan fingerprint density at radius 3 is 2.62 bits per heavy atom. The molecule has 1 heterocycles. The maximum absolute atomic E-state index is 12.5. The molecule has 0 radical (unpaired) electrons. The molecule has 4 nitrogen and oxygen atoms in total. The summed E-state index contributed by atoms with van der Waals surface area (Å²) in [5.41, 5.74) is 3.55. The molecule has 122 valence electrons. The molecule has 1 fully saturated rings. The van der Waals surface area contributed by atoms with Crippen molar-refractivity contribution in [3.63, 3.8) is 0 Å². The van der Waals surface area contributed by atoms with Crippen molar-refractivity contribution in [3.8, 4) is 5.75 Å². The van der Waals surface area contributed by atoms with Crippen LogP contribution in [0.15, 0.2) is 52.4 Å². The van der Waals surface area contributed by atoms with Crippen LogP contribution in [0.4, 0.5) is 5.69 Å². The van der Waals surface area contributed by atoms with E-state index in [1.165, 1.54) is 16.7 Å². The van der Waals surface area contributed by atoms with Crippen molar-refractivity contribution in [3.05, 3.63) is 64.1 Å². The molecule has 2 aromatic carbocycles. The third-order valence-corrected chi connectivity index (χ3v) is 4.89. The van der Waals surface area contributed by atoms with E-state index in [0.717, 1.165) is 16.7 Å². The van der Waals surface area contributed by atoms with Crippen LogP contribution in [0.5, 0.6) is 5.75 Å². The largest absolute Gasteiger partial charge is 0.506 e. The number of rotatable bonds is 2. The van der Waals surface area contributed by atoms with E-state index in [1.807, 2.05) is 50.3 Å². The summed E-state index contributed by atoms with van der Waals surface area (Å²) in [4.78, 5) is 19.0. The predicted octanol–water partition coefficient (Wildman–Crippen LogP) is 4.24. The molecular formula is C19H18N2O2S. The summed E-state index contributed by atoms with van der Waals surface area (Å²) < 4.78 is 0. The molecule has 0 saturated carbocycles. The number of hydrogen-bond donors (Lipinski definition) is 1. The molecule has 24 heavy (non-hydrogen) atoms. The highest BCUT2D eigenvalue weighted by molar-refractivity contribution is 8.18. The number of thioether (sulfide) groups is 1. The van der Waals surface area contributed by atoms with E-state index in [9.17, 15) is 9.90 Å². The fraction of sp³-hybridized carbons (Fsp3) is 0.158. The minimum atomic E-state index is -0.0893. The molecule has 3 rings (SSSR count). The van der Waals surface area contributed by atoms with Gasteiger partial charge in [0.05, 0.1) is 4.91 Å². The van der Waals surface area contributed by atoms with Crippen LogP contribution in [0.2, 0.25) is 0 Å². The SMILES string of the molecule is Cc1ccc(N=C2S/C(=C\c3ccccc3C)C(=O)N2C)c(O)c1. The van der Waals surface area contributed by atoms with Gasteiger partial charge in [-0.1, -0.05) is 30.3 Å². The summed E-state index contributed by atoms with van der Waals surface area (Å²) in [7, 11) is 1.69. The Morgan fingerprint density at radius 2 is 1.92 bits per heavy atom. The number of likely N-dealkylation sites (N-methyl/N-ethyl adjacent to an activating group) is 1. The van der Waals surface area contributed by atoms with Crippen LogP contribution in [0.25, 0.3) is 6.08 Å². The lowest BCUT2D eigenvalue weighted by Gasteiger charge is -2.08. The fourth-order valence-electron chi connectivity index (χ4n) is 2.37. The number of amides is 1. The van der Waals surface area contributed by atoms with E-state index in [1.54, 1.807) is 19.2 Å². The van der Waals surface area contributed by atoms with E-state index < -0.39 is 0 Å². The van der Waals surface area contributed by atoms with E-state index >= 15 is 0 Å². The lowest BCUT2D eigenvalue weighted by atomic mass is 10.1. The number of aryl methyl sites for hydroxylation is 2. The molecule has 1 aliphatic heterocycles. The van der Waals surface area contributed by atoms with Crippen molar-refractivity contribution in [2.24, 2.45) is 4.99 Å². The fourth-order valence-corrected chi connectivity index (χ4v) is 3.34. The average molecular weight is 338 g/mol. The second kappa shape index (κ2) is 6.53. The Hall–Kier alpha value is -2.53. The first-order valence-corrected chi connectivity index (χ1v) is 8.39. The molecule has 1 saturated heterocycles. The van der Waals surface area contributed by atoms with Gasteiger partial charge >= 0.3 is 0 Å². The zero-order valence-electron chi connectivity index (χ0n) is 13.8. The van der Waals surface area contributed by atoms with Gasteiger partial charge in [0, 0.05) is 7.05 Å². The Labute approximate surface area is 145 Å². The van der Waals surface area contributed by atoms with Gasteiger partial charge in [-0.05, 0) is 60.5 Å². The Balaban J connectivity index is 1.94. The lowest BCUT2D eigenvalue weighted by Crippen LogP contribution is -2.23. The van der Waals surface area contributed by atoms with Gasteiger partial charge in [-0.25, -0.2) is 4.99 Å². The Bertz CT molecular complexity index is 871. The van der Waals surface area contributed by atoms with Crippen molar-refractivity contribution in [2.45, 2.75) is 13.8 Å². The standard InChI is InChI=1S/C19H18N2O2S/c1-12-8-9-15(16(22)10-12)20-19-21(3)18(23)17(24-19)11-14-7-5-4-6-13(14)2/h4-11,22H,1-3H3/b17-11-,20-19?. The van der Waals surface area contributed by atoms with Gasteiger partial charge < -0.3 is 5.11 Å². The van der Waals surface area contributed by atoms with Crippen LogP contribution in [0.1, 0.15) is 16.7 Å². The van der Waals surface area contributed by atoms with Gasteiger partial charge in [-0.15, -0.1) is 0 Å². The molecule has 1 amide bonds. The first kappa shape index (κ1) is 16.3. The van der Waals surface area contributed by atoms with Crippen LogP contribution < -0.4 is 0 Å². The molecule has 5 heteroatoms. The van der Waals surface area contributed by atoms with Gasteiger partial charge in [0.25, 0.3) is 5.91 Å². The third kappa shape index (κ3) is 3.21. The zero-order valence-corrected chi connectivity index (χ0v) is 14.6. The van der Waals surface area contributed by atoms with Crippen LogP contribution >= 0.6 is 11.8 Å². The predicted molar refractivity (Wildman–Crippen MR) is 99.5 cm³/mol. The number of benzene rings is 2. The van der Waals surface area contributed by atoms with Crippen LogP contribution in [-0.4, -0.2) is 28.1 Å². The highest BCUT2D eigenvalue weighted by Gasteiger charge is 2.30. The Kier molecular flexibility index (Phi) is 4.44. The molecule has 1 aliphatic rings. The normalized spacial score (nSPS) is 18.0. The average Bonchev–Trinajstić information content (AvgIpc) is 2.80. The maximum atomic E-state index is 12.5. The Morgan fingerprint density at radius 1 is 1.17 bits per heavy atom.